The molecule has 90 valence electrons. The van der Waals surface area contributed by atoms with Crippen LogP contribution >= 0.6 is 0 Å². The molecule has 0 aliphatic carbocycles. The average molecular weight is 212 g/mol. The Morgan fingerprint density at radius 1 is 0.800 bits per heavy atom. The molecule has 0 aromatic rings. The van der Waals surface area contributed by atoms with Crippen LogP contribution in [-0.2, 0) is 0 Å². The SMILES string of the molecule is CCCC1(CCC)C[N+]1(CCC)CCC. The van der Waals surface area contributed by atoms with E-state index in [-0.39, 0.29) is 0 Å². The maximum absolute atomic E-state index is 2.35. The molecule has 0 atom stereocenters. The first-order chi connectivity index (χ1) is 7.20. The summed E-state index contributed by atoms with van der Waals surface area (Å²) in [4.78, 5) is 0. The van der Waals surface area contributed by atoms with Crippen molar-refractivity contribution in [1.82, 2.24) is 0 Å². The van der Waals surface area contributed by atoms with Crippen LogP contribution in [0.4, 0.5) is 0 Å². The molecule has 0 saturated carbocycles. The second kappa shape index (κ2) is 5.34. The number of hydrogen-bond donors (Lipinski definition) is 0. The molecule has 0 aromatic heterocycles. The summed E-state index contributed by atoms with van der Waals surface area (Å²) in [7, 11) is 0. The van der Waals surface area contributed by atoms with Crippen LogP contribution in [0, 0.1) is 0 Å². The van der Waals surface area contributed by atoms with Crippen LogP contribution in [0.2, 0.25) is 0 Å². The zero-order valence-corrected chi connectivity index (χ0v) is 11.3. The molecular formula is C14H30N+. The van der Waals surface area contributed by atoms with Gasteiger partial charge in [-0.1, -0.05) is 27.7 Å². The van der Waals surface area contributed by atoms with Gasteiger partial charge in [-0.25, -0.2) is 0 Å². The van der Waals surface area contributed by atoms with Crippen LogP contribution in [0.25, 0.3) is 0 Å². The Morgan fingerprint density at radius 2 is 1.27 bits per heavy atom. The second-order valence-electron chi connectivity index (χ2n) is 5.47. The number of hydrogen-bond acceptors (Lipinski definition) is 0. The van der Waals surface area contributed by atoms with Crippen LogP contribution < -0.4 is 0 Å². The fourth-order valence-corrected chi connectivity index (χ4v) is 3.82. The van der Waals surface area contributed by atoms with Crippen LogP contribution in [0.15, 0.2) is 0 Å². The Bertz CT molecular complexity index is 154. The van der Waals surface area contributed by atoms with Gasteiger partial charge in [-0.05, 0) is 25.7 Å². The standard InChI is InChI=1S/C14H30N/c1-5-9-14(10-6-2)13-15(14,11-7-3)12-8-4/h5-13H2,1-4H3/q+1. The van der Waals surface area contributed by atoms with Gasteiger partial charge in [0.25, 0.3) is 0 Å². The Balaban J connectivity index is 2.66. The lowest BCUT2D eigenvalue weighted by molar-refractivity contribution is -0.831. The lowest BCUT2D eigenvalue weighted by Crippen LogP contribution is -2.37. The lowest BCUT2D eigenvalue weighted by Gasteiger charge is -2.26. The highest BCUT2D eigenvalue weighted by Gasteiger charge is 2.66. The minimum Gasteiger partial charge on any atom is -0.309 e. The zero-order chi connectivity index (χ0) is 11.4. The van der Waals surface area contributed by atoms with E-state index in [9.17, 15) is 0 Å². The van der Waals surface area contributed by atoms with Crippen LogP contribution in [0.1, 0.15) is 66.2 Å². The summed E-state index contributed by atoms with van der Waals surface area (Å²) < 4.78 is 1.46. The van der Waals surface area contributed by atoms with Gasteiger partial charge in [-0.15, -0.1) is 0 Å². The molecule has 0 spiro atoms. The van der Waals surface area contributed by atoms with Gasteiger partial charge < -0.3 is 4.48 Å². The van der Waals surface area contributed by atoms with Gasteiger partial charge >= 0.3 is 0 Å². The van der Waals surface area contributed by atoms with Crippen molar-refractivity contribution in [2.75, 3.05) is 19.6 Å². The number of quaternary nitrogens is 1. The number of rotatable bonds is 8. The van der Waals surface area contributed by atoms with Crippen molar-refractivity contribution in [3.05, 3.63) is 0 Å². The molecule has 1 nitrogen and oxygen atoms in total. The second-order valence-corrected chi connectivity index (χ2v) is 5.47. The summed E-state index contributed by atoms with van der Waals surface area (Å²) in [5.74, 6) is 0. The van der Waals surface area contributed by atoms with Crippen LogP contribution in [-0.4, -0.2) is 29.7 Å². The van der Waals surface area contributed by atoms with Crippen molar-refractivity contribution in [3.63, 3.8) is 0 Å². The largest absolute Gasteiger partial charge is 0.309 e. The smallest absolute Gasteiger partial charge is 0.149 e. The highest BCUT2D eigenvalue weighted by molar-refractivity contribution is 4.94. The summed E-state index contributed by atoms with van der Waals surface area (Å²) >= 11 is 0. The lowest BCUT2D eigenvalue weighted by atomic mass is 9.97. The van der Waals surface area contributed by atoms with Gasteiger partial charge in [0.2, 0.25) is 0 Å². The normalized spacial score (nSPS) is 21.6. The van der Waals surface area contributed by atoms with Gasteiger partial charge in [0.15, 0.2) is 0 Å². The maximum atomic E-state index is 2.35. The zero-order valence-electron chi connectivity index (χ0n) is 11.3. The molecular weight excluding hydrogens is 182 g/mol. The van der Waals surface area contributed by atoms with E-state index < -0.39 is 0 Å². The molecule has 0 unspecified atom stereocenters. The van der Waals surface area contributed by atoms with Crippen LogP contribution in [0.5, 0.6) is 0 Å². The first-order valence-electron chi connectivity index (χ1n) is 7.06. The van der Waals surface area contributed by atoms with Gasteiger partial charge in [0.05, 0.1) is 13.1 Å². The Labute approximate surface area is 96.4 Å². The molecule has 0 aromatic carbocycles. The van der Waals surface area contributed by atoms with Gasteiger partial charge in [0.1, 0.15) is 12.1 Å². The van der Waals surface area contributed by atoms with Crippen molar-refractivity contribution in [1.29, 1.82) is 0 Å². The van der Waals surface area contributed by atoms with Crippen molar-refractivity contribution in [3.8, 4) is 0 Å². The molecule has 1 aliphatic rings. The summed E-state index contributed by atoms with van der Waals surface area (Å²) in [6.07, 6.45) is 8.37. The molecule has 0 radical (unpaired) electrons. The van der Waals surface area contributed by atoms with E-state index in [4.69, 9.17) is 0 Å². The van der Waals surface area contributed by atoms with E-state index in [1.165, 1.54) is 62.6 Å². The first-order valence-corrected chi connectivity index (χ1v) is 7.06. The Hall–Kier alpha value is -0.0400. The Kier molecular flexibility index (Phi) is 4.64. The van der Waals surface area contributed by atoms with Crippen molar-refractivity contribution < 1.29 is 4.48 Å². The highest BCUT2D eigenvalue weighted by Crippen LogP contribution is 2.49. The predicted molar refractivity (Wildman–Crippen MR) is 68.0 cm³/mol. The minimum atomic E-state index is 0.704. The quantitative estimate of drug-likeness (QED) is 0.422. The van der Waals surface area contributed by atoms with Crippen LogP contribution in [0.3, 0.4) is 0 Å². The number of nitrogens with zero attached hydrogens (tertiary/aromatic N) is 1. The third-order valence-electron chi connectivity index (χ3n) is 4.23. The highest BCUT2D eigenvalue weighted by atomic mass is 15.5. The molecule has 1 heteroatoms. The molecule has 1 aliphatic heterocycles. The van der Waals surface area contributed by atoms with E-state index in [1.54, 1.807) is 0 Å². The van der Waals surface area contributed by atoms with E-state index in [1.807, 2.05) is 0 Å². The van der Waals surface area contributed by atoms with Gasteiger partial charge in [-0.3, -0.25) is 0 Å². The molecule has 1 saturated heterocycles. The molecule has 0 bridgehead atoms. The molecule has 15 heavy (non-hydrogen) atoms. The topological polar surface area (TPSA) is 0 Å². The molecule has 1 heterocycles. The third-order valence-corrected chi connectivity index (χ3v) is 4.23. The summed E-state index contributed by atoms with van der Waals surface area (Å²) in [6, 6.07) is 0. The Morgan fingerprint density at radius 3 is 1.60 bits per heavy atom. The fraction of sp³-hybridized carbons (Fsp3) is 1.00. The van der Waals surface area contributed by atoms with Gasteiger partial charge in [-0.2, -0.15) is 0 Å². The van der Waals surface area contributed by atoms with Crippen molar-refractivity contribution in [2.24, 2.45) is 0 Å². The molecule has 1 rings (SSSR count). The summed E-state index contributed by atoms with van der Waals surface area (Å²) in [5, 5.41) is 0. The van der Waals surface area contributed by atoms with E-state index in [0.717, 1.165) is 0 Å². The average Bonchev–Trinajstić information content (AvgIpc) is 2.75. The van der Waals surface area contributed by atoms with Gasteiger partial charge in [0, 0.05) is 12.8 Å². The summed E-state index contributed by atoms with van der Waals surface area (Å²) in [6.45, 7) is 13.7. The molecule has 1 fully saturated rings. The summed E-state index contributed by atoms with van der Waals surface area (Å²) in [5.41, 5.74) is 0.704. The third kappa shape index (κ3) is 2.38. The fourth-order valence-electron chi connectivity index (χ4n) is 3.82. The van der Waals surface area contributed by atoms with Crippen molar-refractivity contribution in [2.45, 2.75) is 71.8 Å². The van der Waals surface area contributed by atoms with E-state index in [0.29, 0.717) is 5.54 Å². The van der Waals surface area contributed by atoms with E-state index in [2.05, 4.69) is 27.7 Å². The van der Waals surface area contributed by atoms with Crippen molar-refractivity contribution >= 4 is 0 Å². The minimum absolute atomic E-state index is 0.704. The predicted octanol–water partition coefficient (Wildman–Crippen LogP) is 3.98. The molecule has 0 amide bonds. The first kappa shape index (κ1) is 13.0. The monoisotopic (exact) mass is 212 g/mol. The molecule has 0 N–H and O–H groups in total. The van der Waals surface area contributed by atoms with E-state index >= 15 is 0 Å². The maximum Gasteiger partial charge on any atom is 0.149 e.